The van der Waals surface area contributed by atoms with Crippen LogP contribution in [0.3, 0.4) is 0 Å². The monoisotopic (exact) mass is 1060 g/mol. The molecule has 0 saturated heterocycles. The van der Waals surface area contributed by atoms with Crippen molar-refractivity contribution in [2.45, 2.75) is 85.7 Å². The number of ether oxygens (including phenoxy) is 4. The number of amides is 3. The molecule has 0 saturated carbocycles. The van der Waals surface area contributed by atoms with E-state index >= 15 is 0 Å². The van der Waals surface area contributed by atoms with Crippen molar-refractivity contribution in [1.82, 2.24) is 53.8 Å². The second kappa shape index (κ2) is 25.9. The van der Waals surface area contributed by atoms with Crippen molar-refractivity contribution in [3.05, 3.63) is 107 Å². The lowest BCUT2D eigenvalue weighted by Crippen LogP contribution is -2.27. The van der Waals surface area contributed by atoms with Crippen LogP contribution in [-0.2, 0) is 51.8 Å². The normalized spacial score (nSPS) is 11.5. The van der Waals surface area contributed by atoms with E-state index < -0.39 is 35.7 Å². The zero-order chi connectivity index (χ0) is 55.2. The summed E-state index contributed by atoms with van der Waals surface area (Å²) < 4.78 is 30.5. The fourth-order valence-electron chi connectivity index (χ4n) is 8.42. The molecule has 77 heavy (non-hydrogen) atoms. The highest BCUT2D eigenvalue weighted by molar-refractivity contribution is 6.05. The summed E-state index contributed by atoms with van der Waals surface area (Å²) in [6, 6.07) is 9.07. The molecular weight excluding hydrogens is 995 g/mol. The average Bonchev–Trinajstić information content (AvgIpc) is 4.37. The molecule has 7 rings (SSSR count). The fraction of sp³-hybridized carbons (Fsp3) is 0.365. The van der Waals surface area contributed by atoms with Crippen LogP contribution in [-0.4, -0.2) is 131 Å². The number of aryl methyl sites for hydroxylation is 4. The first-order valence-corrected chi connectivity index (χ1v) is 24.8. The highest BCUT2D eigenvalue weighted by atomic mass is 16.5. The molecule has 0 aliphatic heterocycles. The number of hydrogen-bond donors (Lipinski definition) is 5. The van der Waals surface area contributed by atoms with E-state index in [1.54, 1.807) is 79.8 Å². The fourth-order valence-corrected chi connectivity index (χ4v) is 8.42. The van der Waals surface area contributed by atoms with Crippen molar-refractivity contribution in [1.29, 1.82) is 0 Å². The Bertz CT molecular complexity index is 3320. The van der Waals surface area contributed by atoms with Gasteiger partial charge in [-0.15, -0.1) is 0 Å². The second-order valence-corrected chi connectivity index (χ2v) is 17.6. The van der Waals surface area contributed by atoms with Crippen LogP contribution in [0.25, 0.3) is 22.1 Å². The molecule has 0 atom stereocenters. The molecule has 0 spiro atoms. The number of rotatable bonds is 28. The van der Waals surface area contributed by atoms with Crippen LogP contribution < -0.4 is 36.5 Å². The Balaban J connectivity index is 1.20. The predicted molar refractivity (Wildman–Crippen MR) is 285 cm³/mol. The van der Waals surface area contributed by atoms with Crippen molar-refractivity contribution in [2.24, 2.45) is 5.73 Å². The Morgan fingerprint density at radius 2 is 1.29 bits per heavy atom. The molecule has 25 nitrogen and oxygen atoms in total. The van der Waals surface area contributed by atoms with Gasteiger partial charge >= 0.3 is 11.9 Å². The summed E-state index contributed by atoms with van der Waals surface area (Å²) in [7, 11) is 4.38. The second-order valence-electron chi connectivity index (χ2n) is 17.6. The van der Waals surface area contributed by atoms with E-state index in [2.05, 4.69) is 36.6 Å². The van der Waals surface area contributed by atoms with E-state index in [1.807, 2.05) is 39.1 Å². The van der Waals surface area contributed by atoms with Gasteiger partial charge in [0, 0.05) is 49.5 Å². The molecule has 0 fully saturated rings. The summed E-state index contributed by atoms with van der Waals surface area (Å²) in [4.78, 5) is 86.4. The molecule has 0 radical (unpaired) electrons. The van der Waals surface area contributed by atoms with Gasteiger partial charge in [-0.1, -0.05) is 18.2 Å². The molecule has 0 unspecified atom stereocenters. The van der Waals surface area contributed by atoms with E-state index in [0.29, 0.717) is 107 Å². The Kier molecular flexibility index (Phi) is 18.7. The number of benzene rings is 2. The van der Waals surface area contributed by atoms with Gasteiger partial charge in [-0.05, 0) is 90.2 Å². The number of methoxy groups -OCH3 is 2. The highest BCUT2D eigenvalue weighted by Crippen LogP contribution is 2.33. The molecule has 0 aliphatic carbocycles. The number of carbonyl (C=O) groups excluding carboxylic acids is 6. The van der Waals surface area contributed by atoms with Crippen molar-refractivity contribution < 1.29 is 47.7 Å². The lowest BCUT2D eigenvalue weighted by molar-refractivity contribution is -0.142. The molecule has 0 bridgehead atoms. The van der Waals surface area contributed by atoms with E-state index in [4.69, 9.17) is 34.6 Å². The van der Waals surface area contributed by atoms with Gasteiger partial charge < -0.3 is 44.4 Å². The number of aromatic nitrogens is 10. The summed E-state index contributed by atoms with van der Waals surface area (Å²) in [6.45, 7) is 9.85. The van der Waals surface area contributed by atoms with Crippen molar-refractivity contribution >= 4 is 75.6 Å². The lowest BCUT2D eigenvalue weighted by atomic mass is 10.1. The molecule has 2 aromatic carbocycles. The Labute approximate surface area is 442 Å². The van der Waals surface area contributed by atoms with Crippen LogP contribution in [0.1, 0.15) is 86.2 Å². The van der Waals surface area contributed by atoms with Gasteiger partial charge in [0.1, 0.15) is 46.8 Å². The molecule has 5 aromatic heterocycles. The van der Waals surface area contributed by atoms with E-state index in [9.17, 15) is 28.8 Å². The van der Waals surface area contributed by atoms with Gasteiger partial charge in [0.15, 0.2) is 0 Å². The third-order valence-corrected chi connectivity index (χ3v) is 12.0. The maximum Gasteiger partial charge on any atom is 0.307 e. The number of anilines is 3. The Morgan fingerprint density at radius 1 is 0.727 bits per heavy atom. The molecule has 5 heterocycles. The van der Waals surface area contributed by atoms with Crippen LogP contribution >= 0.6 is 0 Å². The lowest BCUT2D eigenvalue weighted by Gasteiger charge is -2.16. The third-order valence-electron chi connectivity index (χ3n) is 12.0. The van der Waals surface area contributed by atoms with Crippen LogP contribution in [0.2, 0.25) is 0 Å². The topological polar surface area (TPSA) is 303 Å². The van der Waals surface area contributed by atoms with Gasteiger partial charge in [0.05, 0.1) is 74.5 Å². The number of nitrogens with one attached hydrogen (secondary N) is 4. The number of nitrogens with two attached hydrogens (primary N) is 1. The minimum absolute atomic E-state index is 0.0215. The molecule has 0 aliphatic rings. The molecule has 25 heteroatoms. The summed E-state index contributed by atoms with van der Waals surface area (Å²) in [6.07, 6.45) is 11.8. The Morgan fingerprint density at radius 3 is 1.82 bits per heavy atom. The number of fused-ring (bicyclic) bond motifs is 2. The van der Waals surface area contributed by atoms with Crippen molar-refractivity contribution in [2.75, 3.05) is 57.0 Å². The number of carbonyl (C=O) groups is 6. The quantitative estimate of drug-likeness (QED) is 0.0190. The van der Waals surface area contributed by atoms with E-state index in [-0.39, 0.29) is 55.7 Å². The van der Waals surface area contributed by atoms with Gasteiger partial charge in [-0.3, -0.25) is 53.4 Å². The molecule has 6 N–H and O–H groups in total. The first-order valence-electron chi connectivity index (χ1n) is 24.8. The van der Waals surface area contributed by atoms with Gasteiger partial charge in [0.2, 0.25) is 17.8 Å². The van der Waals surface area contributed by atoms with Gasteiger partial charge in [-0.2, -0.15) is 15.3 Å². The minimum atomic E-state index is -0.728. The SMILES string of the molecule is CCn1nc(C)cc1C(=O)Nc1nc2cc(C(N)=O)cc(OC/C=C/Cn3cc(NC(CC(=O)OC)CC(=O)OC)cn3)c2n1C/C=C/Cn1c(NC(=O)c2cc(C)nn2CC)nc2cc(C=O)cc(OCCCNC)c21. The number of aldehydes is 1. The summed E-state index contributed by atoms with van der Waals surface area (Å²) >= 11 is 0. The zero-order valence-corrected chi connectivity index (χ0v) is 44.0. The maximum absolute atomic E-state index is 14.0. The molecule has 3 amide bonds. The number of primary amides is 1. The van der Waals surface area contributed by atoms with Gasteiger partial charge in [0.25, 0.3) is 11.8 Å². The van der Waals surface area contributed by atoms with Crippen LogP contribution in [0.4, 0.5) is 17.6 Å². The summed E-state index contributed by atoms with van der Waals surface area (Å²) in [5.41, 5.74) is 10.5. The highest BCUT2D eigenvalue weighted by Gasteiger charge is 2.24. The van der Waals surface area contributed by atoms with Crippen LogP contribution in [0.15, 0.2) is 73.1 Å². The first-order chi connectivity index (χ1) is 37.2. The third kappa shape index (κ3) is 13.8. The van der Waals surface area contributed by atoms with E-state index in [0.717, 1.165) is 0 Å². The predicted octanol–water partition coefficient (Wildman–Crippen LogP) is 4.83. The summed E-state index contributed by atoms with van der Waals surface area (Å²) in [5.74, 6) is -1.67. The van der Waals surface area contributed by atoms with Crippen molar-refractivity contribution in [3.63, 3.8) is 0 Å². The standard InChI is InChI=1S/C52H63N15O10/c1-8-66-40(21-32(3)61-66)49(72)59-51-57-38-23-34(31-68)24-42(77-20-14-15-54-5)46(38)64(51)17-10-11-18-65-47-39(58-52(65)60-50(73)41-22-33(4)62-67(41)9-2)25-35(48(53)71)26-43(47)76-19-13-12-16-63-30-37(29-55-63)56-36(27-44(69)74-6)28-45(70)75-7/h10-13,21-26,29-31,36,54,56H,8-9,14-20,27-28H2,1-7H3,(H2,53,71)(H,57,59,72)(H,58,60,73)/b11-10+,13-12+. The Hall–Kier alpha value is -9.13. The number of hydrogen-bond acceptors (Lipinski definition) is 17. The first kappa shape index (κ1) is 55.6. The minimum Gasteiger partial charge on any atom is -0.491 e. The number of esters is 2. The van der Waals surface area contributed by atoms with Crippen molar-refractivity contribution in [3.8, 4) is 11.5 Å². The molecule has 406 valence electrons. The average molecular weight is 1060 g/mol. The van der Waals surface area contributed by atoms with Gasteiger partial charge in [-0.25, -0.2) is 9.97 Å². The largest absolute Gasteiger partial charge is 0.491 e. The van der Waals surface area contributed by atoms with Crippen LogP contribution in [0, 0.1) is 13.8 Å². The van der Waals surface area contributed by atoms with E-state index in [1.165, 1.54) is 26.4 Å². The molecular formula is C52H63N15O10. The smallest absolute Gasteiger partial charge is 0.307 e. The number of imidazole rings is 2. The number of allylic oxidation sites excluding steroid dienone is 3. The number of nitrogens with zero attached hydrogens (tertiary/aromatic N) is 10. The maximum atomic E-state index is 14.0. The summed E-state index contributed by atoms with van der Waals surface area (Å²) in [5, 5.41) is 25.4. The zero-order valence-electron chi connectivity index (χ0n) is 44.0. The van der Waals surface area contributed by atoms with Crippen LogP contribution in [0.5, 0.6) is 11.5 Å². The molecule has 7 aromatic rings.